The van der Waals surface area contributed by atoms with E-state index in [1.165, 1.54) is 0 Å². The molecular weight excluding hydrogens is 410 g/mol. The van der Waals surface area contributed by atoms with Crippen LogP contribution in [0.3, 0.4) is 0 Å². The Morgan fingerprint density at radius 1 is 0.769 bits per heavy atom. The zero-order valence-electron chi connectivity index (χ0n) is 13.6. The molecule has 132 valence electrons. The van der Waals surface area contributed by atoms with E-state index in [0.29, 0.717) is 32.1 Å². The van der Waals surface area contributed by atoms with Gasteiger partial charge in [0.25, 0.3) is 0 Å². The first-order valence-corrected chi connectivity index (χ1v) is 9.45. The summed E-state index contributed by atoms with van der Waals surface area (Å²) in [6.07, 6.45) is 0.408. The van der Waals surface area contributed by atoms with Crippen molar-refractivity contribution in [1.82, 2.24) is 0 Å². The highest BCUT2D eigenvalue weighted by Gasteiger charge is 2.25. The van der Waals surface area contributed by atoms with E-state index in [2.05, 4.69) is 0 Å². The summed E-state index contributed by atoms with van der Waals surface area (Å²) >= 11 is 24.7. The van der Waals surface area contributed by atoms with Crippen molar-refractivity contribution in [3.8, 4) is 0 Å². The van der Waals surface area contributed by atoms with E-state index in [4.69, 9.17) is 46.4 Å². The van der Waals surface area contributed by atoms with Gasteiger partial charge in [-0.3, -0.25) is 4.79 Å². The minimum atomic E-state index is -0.485. The Balaban J connectivity index is 2.05. The number of benzene rings is 3. The number of hydrogen-bond donors (Lipinski definition) is 0. The molecule has 0 aromatic heterocycles. The first-order valence-electron chi connectivity index (χ1n) is 7.94. The van der Waals surface area contributed by atoms with Gasteiger partial charge in [0.2, 0.25) is 0 Å². The van der Waals surface area contributed by atoms with Gasteiger partial charge >= 0.3 is 0 Å². The number of halogens is 4. The van der Waals surface area contributed by atoms with Crippen molar-refractivity contribution < 1.29 is 4.79 Å². The van der Waals surface area contributed by atoms with Gasteiger partial charge in [0.05, 0.1) is 5.92 Å². The Morgan fingerprint density at radius 2 is 1.38 bits per heavy atom. The van der Waals surface area contributed by atoms with E-state index in [0.717, 1.165) is 11.1 Å². The molecule has 0 bridgehead atoms. The van der Waals surface area contributed by atoms with Crippen LogP contribution in [0.25, 0.3) is 0 Å². The minimum absolute atomic E-state index is 0.0270. The first-order chi connectivity index (χ1) is 12.5. The van der Waals surface area contributed by atoms with Crippen LogP contribution < -0.4 is 0 Å². The van der Waals surface area contributed by atoms with Gasteiger partial charge in [0.1, 0.15) is 0 Å². The Bertz CT molecular complexity index is 938. The Hall–Kier alpha value is -1.51. The predicted octanol–water partition coefficient (Wildman–Crippen LogP) is 7.51. The zero-order chi connectivity index (χ0) is 18.7. The topological polar surface area (TPSA) is 17.1 Å². The standard InChI is InChI=1S/C21H14Cl4O/c22-15-7-6-14(19(24)11-15)10-18(17-9-8-16(23)12-20(17)25)21(26)13-4-2-1-3-5-13/h1-9,11-12,18H,10H2. The molecule has 0 aliphatic carbocycles. The van der Waals surface area contributed by atoms with E-state index in [1.54, 1.807) is 42.5 Å². The third-order valence-corrected chi connectivity index (χ3v) is 5.30. The fraction of sp³-hybridized carbons (Fsp3) is 0.0952. The van der Waals surface area contributed by atoms with Crippen LogP contribution in [0.15, 0.2) is 66.7 Å². The van der Waals surface area contributed by atoms with Crippen molar-refractivity contribution in [3.05, 3.63) is 104 Å². The highest BCUT2D eigenvalue weighted by Crippen LogP contribution is 2.34. The van der Waals surface area contributed by atoms with Gasteiger partial charge in [0, 0.05) is 25.7 Å². The second-order valence-electron chi connectivity index (χ2n) is 5.89. The zero-order valence-corrected chi connectivity index (χ0v) is 16.6. The van der Waals surface area contributed by atoms with E-state index in [1.807, 2.05) is 24.3 Å². The van der Waals surface area contributed by atoms with Crippen LogP contribution in [-0.2, 0) is 6.42 Å². The number of Topliss-reactive ketones (excluding diaryl/α,β-unsaturated/α-hetero) is 1. The van der Waals surface area contributed by atoms with E-state index >= 15 is 0 Å². The van der Waals surface area contributed by atoms with Gasteiger partial charge in [-0.2, -0.15) is 0 Å². The SMILES string of the molecule is O=C(c1ccccc1)C(Cc1ccc(Cl)cc1Cl)c1ccc(Cl)cc1Cl. The molecule has 0 aliphatic rings. The van der Waals surface area contributed by atoms with Crippen LogP contribution in [0.5, 0.6) is 0 Å². The average Bonchev–Trinajstić information content (AvgIpc) is 2.62. The molecule has 0 amide bonds. The monoisotopic (exact) mass is 422 g/mol. The Labute approximate surface area is 172 Å². The van der Waals surface area contributed by atoms with Gasteiger partial charge in [-0.05, 0) is 41.8 Å². The molecule has 0 N–H and O–H groups in total. The lowest BCUT2D eigenvalue weighted by Gasteiger charge is -2.19. The number of carbonyl (C=O) groups is 1. The average molecular weight is 424 g/mol. The molecule has 0 heterocycles. The fourth-order valence-electron chi connectivity index (χ4n) is 2.84. The third-order valence-electron chi connectivity index (χ3n) is 4.15. The molecule has 1 atom stereocenters. The van der Waals surface area contributed by atoms with Crippen molar-refractivity contribution in [3.63, 3.8) is 0 Å². The molecule has 0 aliphatic heterocycles. The third kappa shape index (κ3) is 4.42. The van der Waals surface area contributed by atoms with E-state index in [-0.39, 0.29) is 5.78 Å². The maximum absolute atomic E-state index is 13.2. The van der Waals surface area contributed by atoms with Crippen LogP contribution in [0.2, 0.25) is 20.1 Å². The second kappa shape index (κ2) is 8.45. The summed E-state index contributed by atoms with van der Waals surface area (Å²) in [5.41, 5.74) is 2.17. The van der Waals surface area contributed by atoms with Crippen LogP contribution in [-0.4, -0.2) is 5.78 Å². The normalized spacial score (nSPS) is 12.0. The van der Waals surface area contributed by atoms with E-state index in [9.17, 15) is 4.79 Å². The lowest BCUT2D eigenvalue weighted by Crippen LogP contribution is -2.16. The van der Waals surface area contributed by atoms with E-state index < -0.39 is 5.92 Å². The van der Waals surface area contributed by atoms with Crippen LogP contribution in [0.4, 0.5) is 0 Å². The quantitative estimate of drug-likeness (QED) is 0.388. The van der Waals surface area contributed by atoms with Crippen LogP contribution >= 0.6 is 46.4 Å². The van der Waals surface area contributed by atoms with Crippen LogP contribution in [0.1, 0.15) is 27.4 Å². The second-order valence-corrected chi connectivity index (χ2v) is 7.58. The summed E-state index contributed by atoms with van der Waals surface area (Å²) in [5, 5.41) is 2.05. The number of ketones is 1. The molecule has 0 spiro atoms. The molecule has 3 aromatic rings. The lowest BCUT2D eigenvalue weighted by atomic mass is 9.85. The number of hydrogen-bond acceptors (Lipinski definition) is 1. The van der Waals surface area contributed by atoms with Crippen molar-refractivity contribution in [2.45, 2.75) is 12.3 Å². The summed E-state index contributed by atoms with van der Waals surface area (Å²) in [5.74, 6) is -0.512. The molecule has 1 nitrogen and oxygen atoms in total. The van der Waals surface area contributed by atoms with Crippen molar-refractivity contribution in [2.24, 2.45) is 0 Å². The molecule has 0 saturated heterocycles. The van der Waals surface area contributed by atoms with Gasteiger partial charge in [-0.1, -0.05) is 88.9 Å². The molecule has 1 unspecified atom stereocenters. The minimum Gasteiger partial charge on any atom is -0.293 e. The summed E-state index contributed by atoms with van der Waals surface area (Å²) < 4.78 is 0. The smallest absolute Gasteiger partial charge is 0.170 e. The lowest BCUT2D eigenvalue weighted by molar-refractivity contribution is 0.0959. The van der Waals surface area contributed by atoms with Gasteiger partial charge in [0.15, 0.2) is 5.78 Å². The summed E-state index contributed by atoms with van der Waals surface area (Å²) in [6.45, 7) is 0. The fourth-order valence-corrected chi connectivity index (χ4v) is 3.86. The van der Waals surface area contributed by atoms with Crippen molar-refractivity contribution >= 4 is 52.2 Å². The summed E-state index contributed by atoms with van der Waals surface area (Å²) in [7, 11) is 0. The maximum Gasteiger partial charge on any atom is 0.170 e. The molecule has 26 heavy (non-hydrogen) atoms. The van der Waals surface area contributed by atoms with Crippen molar-refractivity contribution in [2.75, 3.05) is 0 Å². The van der Waals surface area contributed by atoms with Gasteiger partial charge < -0.3 is 0 Å². The molecule has 3 rings (SSSR count). The van der Waals surface area contributed by atoms with Crippen molar-refractivity contribution in [1.29, 1.82) is 0 Å². The number of carbonyl (C=O) groups excluding carboxylic acids is 1. The maximum atomic E-state index is 13.2. The molecule has 0 saturated carbocycles. The number of rotatable bonds is 5. The predicted molar refractivity (Wildman–Crippen MR) is 110 cm³/mol. The highest BCUT2D eigenvalue weighted by molar-refractivity contribution is 6.36. The largest absolute Gasteiger partial charge is 0.293 e. The summed E-state index contributed by atoms with van der Waals surface area (Å²) in [6, 6.07) is 19.6. The molecular formula is C21H14Cl4O. The van der Waals surface area contributed by atoms with Gasteiger partial charge in [-0.25, -0.2) is 0 Å². The Morgan fingerprint density at radius 3 is 2.00 bits per heavy atom. The van der Waals surface area contributed by atoms with Crippen LogP contribution in [0, 0.1) is 0 Å². The van der Waals surface area contributed by atoms with Gasteiger partial charge in [-0.15, -0.1) is 0 Å². The highest BCUT2D eigenvalue weighted by atomic mass is 35.5. The molecule has 5 heteroatoms. The molecule has 0 radical (unpaired) electrons. The first kappa shape index (κ1) is 19.3. The summed E-state index contributed by atoms with van der Waals surface area (Å²) in [4.78, 5) is 13.2. The molecule has 0 fully saturated rings. The molecule has 3 aromatic carbocycles. The Kier molecular flexibility index (Phi) is 6.26.